The highest BCUT2D eigenvalue weighted by Crippen LogP contribution is 2.31. The molecule has 0 aromatic rings. The Morgan fingerprint density at radius 2 is 1.44 bits per heavy atom. The van der Waals surface area contributed by atoms with E-state index < -0.39 is 23.1 Å². The van der Waals surface area contributed by atoms with Crippen LogP contribution in [0.15, 0.2) is 34.9 Å². The minimum atomic E-state index is -4.47. The van der Waals surface area contributed by atoms with Gasteiger partial charge in [0.05, 0.1) is 0 Å². The molecule has 0 aliphatic heterocycles. The van der Waals surface area contributed by atoms with Crippen LogP contribution in [0.5, 0.6) is 0 Å². The largest absolute Gasteiger partial charge is 0.527 e. The molecule has 0 aliphatic carbocycles. The van der Waals surface area contributed by atoms with Crippen molar-refractivity contribution < 1.29 is 22.4 Å². The first kappa shape index (κ1) is 24.2. The number of rotatable bonds is 12. The summed E-state index contributed by atoms with van der Waals surface area (Å²) >= 11 is 0. The maximum absolute atomic E-state index is 11.0. The molecule has 0 aromatic heterocycles. The van der Waals surface area contributed by atoms with Crippen LogP contribution in [0.3, 0.4) is 0 Å². The van der Waals surface area contributed by atoms with Gasteiger partial charge in [-0.05, 0) is 70.8 Å². The summed E-state index contributed by atoms with van der Waals surface area (Å²) in [5.74, 6) is 0. The summed E-state index contributed by atoms with van der Waals surface area (Å²) in [6.07, 6.45) is 11.6. The molecule has 144 valence electrons. The standard InChI is InChI=1S/C18H31O5PS/c1-15(2)9-7-11-17(4)13-8-12-16(3)10-5-6-14-18(24(19)20)25(21,22)23/h9-10,13,18H,5-8,11-12,14H2,1-4H3,(H-,19,20,21,22,23)/p+1. The highest BCUT2D eigenvalue weighted by atomic mass is 32.2. The zero-order chi connectivity index (χ0) is 19.5. The van der Waals surface area contributed by atoms with E-state index in [1.165, 1.54) is 16.7 Å². The maximum atomic E-state index is 11.0. The highest BCUT2D eigenvalue weighted by Gasteiger charge is 2.40. The summed E-state index contributed by atoms with van der Waals surface area (Å²) < 4.78 is 41.9. The van der Waals surface area contributed by atoms with Gasteiger partial charge in [0.15, 0.2) is 0 Å². The topological polar surface area (TPSA) is 91.7 Å². The van der Waals surface area contributed by atoms with E-state index >= 15 is 0 Å². The molecule has 5 nitrogen and oxygen atoms in total. The lowest BCUT2D eigenvalue weighted by Crippen LogP contribution is -2.16. The van der Waals surface area contributed by atoms with Gasteiger partial charge in [-0.25, -0.2) is 0 Å². The van der Waals surface area contributed by atoms with E-state index in [9.17, 15) is 13.0 Å². The van der Waals surface area contributed by atoms with E-state index in [-0.39, 0.29) is 6.42 Å². The van der Waals surface area contributed by atoms with Crippen LogP contribution < -0.4 is 0 Å². The fourth-order valence-corrected chi connectivity index (χ4v) is 4.13. The molecule has 25 heavy (non-hydrogen) atoms. The Balaban J connectivity index is 4.18. The maximum Gasteiger partial charge on any atom is 0.527 e. The van der Waals surface area contributed by atoms with Crippen LogP contribution in [0, 0.1) is 0 Å². The zero-order valence-corrected chi connectivity index (χ0v) is 17.4. The first-order valence-corrected chi connectivity index (χ1v) is 11.4. The lowest BCUT2D eigenvalue weighted by molar-refractivity contribution is 0.458. The average Bonchev–Trinajstić information content (AvgIpc) is 2.44. The van der Waals surface area contributed by atoms with Gasteiger partial charge in [-0.2, -0.15) is 13.3 Å². The Hall–Kier alpha value is -0.810. The molecule has 0 fully saturated rings. The number of hydrogen-bond donors (Lipinski definition) is 2. The predicted molar refractivity (Wildman–Crippen MR) is 104 cm³/mol. The van der Waals surface area contributed by atoms with Crippen LogP contribution in [0.1, 0.15) is 72.6 Å². The molecular formula is C18H32O5PS+. The molecular weight excluding hydrogens is 359 g/mol. The lowest BCUT2D eigenvalue weighted by Gasteiger charge is -2.03. The van der Waals surface area contributed by atoms with Crippen LogP contribution in [0.4, 0.5) is 0 Å². The van der Waals surface area contributed by atoms with Gasteiger partial charge in [-0.1, -0.05) is 34.9 Å². The van der Waals surface area contributed by atoms with E-state index in [1.807, 2.05) is 13.0 Å². The molecule has 2 N–H and O–H groups in total. The van der Waals surface area contributed by atoms with E-state index in [0.717, 1.165) is 25.7 Å². The molecule has 0 saturated carbocycles. The van der Waals surface area contributed by atoms with Crippen molar-refractivity contribution in [3.05, 3.63) is 34.9 Å². The SMILES string of the molecule is CC(C)=CCCC(C)=CCCC(C)=CCCCC([P+](=O)O)S(=O)(=O)O. The fourth-order valence-electron chi connectivity index (χ4n) is 2.35. The van der Waals surface area contributed by atoms with Gasteiger partial charge < -0.3 is 0 Å². The zero-order valence-electron chi connectivity index (χ0n) is 15.7. The Labute approximate surface area is 153 Å². The molecule has 0 heterocycles. The Bertz CT molecular complexity index is 613. The molecule has 0 radical (unpaired) electrons. The van der Waals surface area contributed by atoms with Crippen molar-refractivity contribution in [3.63, 3.8) is 0 Å². The van der Waals surface area contributed by atoms with Crippen molar-refractivity contribution >= 4 is 18.1 Å². The summed E-state index contributed by atoms with van der Waals surface area (Å²) in [7, 11) is -7.40. The minimum Gasteiger partial charge on any atom is -0.282 e. The monoisotopic (exact) mass is 391 g/mol. The van der Waals surface area contributed by atoms with E-state index in [4.69, 9.17) is 9.45 Å². The van der Waals surface area contributed by atoms with Gasteiger partial charge in [0.1, 0.15) is 0 Å². The molecule has 0 spiro atoms. The van der Waals surface area contributed by atoms with Gasteiger partial charge >= 0.3 is 23.1 Å². The van der Waals surface area contributed by atoms with Crippen molar-refractivity contribution in [2.75, 3.05) is 0 Å². The fraction of sp³-hybridized carbons (Fsp3) is 0.667. The molecule has 0 aromatic carbocycles. The van der Waals surface area contributed by atoms with Gasteiger partial charge in [0, 0.05) is 6.42 Å². The second kappa shape index (κ2) is 12.5. The molecule has 0 bridgehead atoms. The van der Waals surface area contributed by atoms with Crippen molar-refractivity contribution in [1.29, 1.82) is 0 Å². The first-order valence-electron chi connectivity index (χ1n) is 8.60. The third-order valence-electron chi connectivity index (χ3n) is 3.86. The second-order valence-corrected chi connectivity index (χ2v) is 9.84. The van der Waals surface area contributed by atoms with Crippen LogP contribution >= 0.6 is 8.03 Å². The van der Waals surface area contributed by atoms with Gasteiger partial charge in [0.25, 0.3) is 0 Å². The lowest BCUT2D eigenvalue weighted by atomic mass is 10.1. The van der Waals surface area contributed by atoms with Crippen molar-refractivity contribution in [2.24, 2.45) is 0 Å². The summed E-state index contributed by atoms with van der Waals surface area (Å²) in [5.41, 5.74) is 3.94. The smallest absolute Gasteiger partial charge is 0.282 e. The Morgan fingerprint density at radius 1 is 0.960 bits per heavy atom. The molecule has 0 saturated heterocycles. The number of allylic oxidation sites excluding steroid dienone is 6. The summed E-state index contributed by atoms with van der Waals surface area (Å²) in [6, 6.07) is 0. The van der Waals surface area contributed by atoms with Crippen molar-refractivity contribution in [2.45, 2.75) is 77.6 Å². The van der Waals surface area contributed by atoms with Gasteiger partial charge in [-0.3, -0.25) is 4.55 Å². The van der Waals surface area contributed by atoms with Crippen LogP contribution in [-0.2, 0) is 14.7 Å². The molecule has 0 aliphatic rings. The van der Waals surface area contributed by atoms with Crippen LogP contribution in [-0.4, -0.2) is 22.9 Å². The minimum absolute atomic E-state index is 0.0162. The second-order valence-electron chi connectivity index (χ2n) is 6.66. The number of unbranched alkanes of at least 4 members (excludes halogenated alkanes) is 1. The van der Waals surface area contributed by atoms with Gasteiger partial charge in [-0.15, -0.1) is 0 Å². The third-order valence-corrected chi connectivity index (χ3v) is 6.88. The van der Waals surface area contributed by atoms with Crippen molar-refractivity contribution in [3.8, 4) is 0 Å². The number of hydrogen-bond acceptors (Lipinski definition) is 3. The molecule has 0 amide bonds. The van der Waals surface area contributed by atoms with E-state index in [2.05, 4.69) is 32.9 Å². The van der Waals surface area contributed by atoms with Crippen LogP contribution in [0.25, 0.3) is 0 Å². The molecule has 2 unspecified atom stereocenters. The normalized spacial score (nSPS) is 15.0. The van der Waals surface area contributed by atoms with Crippen molar-refractivity contribution in [1.82, 2.24) is 0 Å². The Morgan fingerprint density at radius 3 is 1.88 bits per heavy atom. The molecule has 2 atom stereocenters. The quantitative estimate of drug-likeness (QED) is 0.198. The summed E-state index contributed by atoms with van der Waals surface area (Å²) in [5, 5.41) is 0. The first-order chi connectivity index (χ1) is 11.5. The molecule has 0 rings (SSSR count). The summed E-state index contributed by atoms with van der Waals surface area (Å²) in [4.78, 5) is 7.38. The predicted octanol–water partition coefficient (Wildman–Crippen LogP) is 5.52. The molecule has 7 heteroatoms. The Kier molecular flexibility index (Phi) is 12.1. The average molecular weight is 391 g/mol. The van der Waals surface area contributed by atoms with Crippen LogP contribution in [0.2, 0.25) is 0 Å². The van der Waals surface area contributed by atoms with E-state index in [0.29, 0.717) is 12.8 Å². The highest BCUT2D eigenvalue weighted by molar-refractivity contribution is 7.92. The third kappa shape index (κ3) is 13.1. The van der Waals surface area contributed by atoms with Gasteiger partial charge in [0.2, 0.25) is 0 Å². The van der Waals surface area contributed by atoms with E-state index in [1.54, 1.807) is 0 Å². The summed E-state index contributed by atoms with van der Waals surface area (Å²) in [6.45, 7) is 8.37.